The van der Waals surface area contributed by atoms with Crippen molar-refractivity contribution in [1.29, 1.82) is 0 Å². The Labute approximate surface area is 97.6 Å². The Morgan fingerprint density at radius 1 is 1.47 bits per heavy atom. The lowest BCUT2D eigenvalue weighted by Crippen LogP contribution is -2.32. The van der Waals surface area contributed by atoms with E-state index in [4.69, 9.17) is 5.73 Å². The molecule has 1 aliphatic heterocycles. The van der Waals surface area contributed by atoms with Gasteiger partial charge in [0, 0.05) is 13.3 Å². The highest BCUT2D eigenvalue weighted by molar-refractivity contribution is 6.04. The standard InChI is InChI=1S/C10H13N5O2/c1-5(16)15-8(6-2-3-6)4-7(12-15)9-10(11)14-17-13-9/h6,8H,2-4H2,1H3,(H2,11,14). The van der Waals surface area contributed by atoms with Gasteiger partial charge in [0.05, 0.1) is 11.8 Å². The van der Waals surface area contributed by atoms with E-state index in [-0.39, 0.29) is 17.8 Å². The van der Waals surface area contributed by atoms with E-state index < -0.39 is 0 Å². The minimum absolute atomic E-state index is 0.0491. The third-order valence-corrected chi connectivity index (χ3v) is 3.22. The fraction of sp³-hybridized carbons (Fsp3) is 0.600. The van der Waals surface area contributed by atoms with Crippen LogP contribution in [0.3, 0.4) is 0 Å². The van der Waals surface area contributed by atoms with Crippen molar-refractivity contribution in [2.75, 3.05) is 5.73 Å². The van der Waals surface area contributed by atoms with Gasteiger partial charge in [0.25, 0.3) is 0 Å². The van der Waals surface area contributed by atoms with Crippen LogP contribution in [0.25, 0.3) is 0 Å². The van der Waals surface area contributed by atoms with Gasteiger partial charge in [-0.05, 0) is 29.1 Å². The third kappa shape index (κ3) is 1.67. The van der Waals surface area contributed by atoms with Crippen molar-refractivity contribution >= 4 is 17.4 Å². The fourth-order valence-corrected chi connectivity index (χ4v) is 2.22. The SMILES string of the molecule is CC(=O)N1N=C(c2nonc2N)CC1C1CC1. The maximum absolute atomic E-state index is 11.5. The van der Waals surface area contributed by atoms with Gasteiger partial charge >= 0.3 is 0 Å². The molecule has 1 fully saturated rings. The Morgan fingerprint density at radius 3 is 2.76 bits per heavy atom. The van der Waals surface area contributed by atoms with E-state index >= 15 is 0 Å². The monoisotopic (exact) mass is 235 g/mol. The molecular formula is C10H13N5O2. The first kappa shape index (κ1) is 10.2. The van der Waals surface area contributed by atoms with Gasteiger partial charge in [0.2, 0.25) is 5.91 Å². The molecule has 0 spiro atoms. The Bertz CT molecular complexity index is 491. The van der Waals surface area contributed by atoms with E-state index in [1.165, 1.54) is 6.92 Å². The summed E-state index contributed by atoms with van der Waals surface area (Å²) in [5.74, 6) is 0.733. The minimum atomic E-state index is -0.0491. The molecule has 2 heterocycles. The number of nitrogen functional groups attached to an aromatic ring is 1. The second kappa shape index (κ2) is 3.54. The van der Waals surface area contributed by atoms with Crippen molar-refractivity contribution in [1.82, 2.24) is 15.3 Å². The Morgan fingerprint density at radius 2 is 2.24 bits per heavy atom. The predicted molar refractivity (Wildman–Crippen MR) is 58.9 cm³/mol. The maximum Gasteiger partial charge on any atom is 0.239 e. The topological polar surface area (TPSA) is 97.6 Å². The van der Waals surface area contributed by atoms with Crippen molar-refractivity contribution in [3.63, 3.8) is 0 Å². The van der Waals surface area contributed by atoms with Gasteiger partial charge in [0.15, 0.2) is 11.5 Å². The molecular weight excluding hydrogens is 222 g/mol. The van der Waals surface area contributed by atoms with Crippen LogP contribution in [0, 0.1) is 5.92 Å². The number of nitrogens with zero attached hydrogens (tertiary/aromatic N) is 4. The molecule has 1 saturated carbocycles. The average molecular weight is 235 g/mol. The van der Waals surface area contributed by atoms with Crippen LogP contribution in [0.5, 0.6) is 0 Å². The Hall–Kier alpha value is -1.92. The van der Waals surface area contributed by atoms with E-state index in [1.54, 1.807) is 5.01 Å². The van der Waals surface area contributed by atoms with E-state index in [0.29, 0.717) is 23.7 Å². The first-order valence-electron chi connectivity index (χ1n) is 5.62. The molecule has 2 N–H and O–H groups in total. The molecule has 0 bridgehead atoms. The van der Waals surface area contributed by atoms with Crippen LogP contribution in [0.1, 0.15) is 31.9 Å². The number of hydrazone groups is 1. The molecule has 1 aromatic heterocycles. The molecule has 1 aromatic rings. The van der Waals surface area contributed by atoms with Gasteiger partial charge < -0.3 is 5.73 Å². The van der Waals surface area contributed by atoms with Gasteiger partial charge in [-0.25, -0.2) is 9.64 Å². The van der Waals surface area contributed by atoms with E-state index in [1.807, 2.05) is 0 Å². The summed E-state index contributed by atoms with van der Waals surface area (Å²) in [6.45, 7) is 1.52. The largest absolute Gasteiger partial charge is 0.379 e. The molecule has 1 amide bonds. The summed E-state index contributed by atoms with van der Waals surface area (Å²) in [7, 11) is 0. The van der Waals surface area contributed by atoms with Gasteiger partial charge in [0.1, 0.15) is 0 Å². The number of hydrogen-bond donors (Lipinski definition) is 1. The lowest BCUT2D eigenvalue weighted by molar-refractivity contribution is -0.130. The van der Waals surface area contributed by atoms with Crippen molar-refractivity contribution in [2.24, 2.45) is 11.0 Å². The molecule has 1 atom stereocenters. The summed E-state index contributed by atoms with van der Waals surface area (Å²) in [6.07, 6.45) is 3.00. The van der Waals surface area contributed by atoms with Gasteiger partial charge in [-0.15, -0.1) is 0 Å². The smallest absolute Gasteiger partial charge is 0.239 e. The Balaban J connectivity index is 1.90. The van der Waals surface area contributed by atoms with Crippen LogP contribution >= 0.6 is 0 Å². The number of rotatable bonds is 2. The number of aromatic nitrogens is 2. The Kier molecular flexibility index (Phi) is 2.13. The van der Waals surface area contributed by atoms with Gasteiger partial charge in [-0.1, -0.05) is 0 Å². The number of anilines is 1. The normalized spacial score (nSPS) is 23.9. The zero-order valence-electron chi connectivity index (χ0n) is 9.46. The van der Waals surface area contributed by atoms with E-state index in [2.05, 4.69) is 20.0 Å². The summed E-state index contributed by atoms with van der Waals surface area (Å²) >= 11 is 0. The summed E-state index contributed by atoms with van der Waals surface area (Å²) in [4.78, 5) is 11.5. The van der Waals surface area contributed by atoms with Gasteiger partial charge in [-0.3, -0.25) is 4.79 Å². The van der Waals surface area contributed by atoms with Crippen molar-refractivity contribution < 1.29 is 9.42 Å². The number of hydrogen-bond acceptors (Lipinski definition) is 6. The summed E-state index contributed by atoms with van der Waals surface area (Å²) in [6, 6.07) is 0.151. The second-order valence-corrected chi connectivity index (χ2v) is 4.52. The van der Waals surface area contributed by atoms with Crippen LogP contribution in [0.2, 0.25) is 0 Å². The summed E-state index contributed by atoms with van der Waals surface area (Å²) < 4.78 is 4.56. The minimum Gasteiger partial charge on any atom is -0.379 e. The molecule has 90 valence electrons. The number of carbonyl (C=O) groups is 1. The molecule has 7 heteroatoms. The van der Waals surface area contributed by atoms with Crippen LogP contribution in [-0.2, 0) is 4.79 Å². The molecule has 0 aromatic carbocycles. The highest BCUT2D eigenvalue weighted by atomic mass is 16.6. The summed E-state index contributed by atoms with van der Waals surface area (Å²) in [5.41, 5.74) is 6.78. The highest BCUT2D eigenvalue weighted by Crippen LogP contribution is 2.40. The van der Waals surface area contributed by atoms with Crippen LogP contribution in [0.4, 0.5) is 5.82 Å². The van der Waals surface area contributed by atoms with Gasteiger partial charge in [-0.2, -0.15) is 5.10 Å². The zero-order chi connectivity index (χ0) is 12.0. The number of nitrogens with two attached hydrogens (primary N) is 1. The van der Waals surface area contributed by atoms with Crippen molar-refractivity contribution in [3.8, 4) is 0 Å². The first-order chi connectivity index (χ1) is 8.16. The van der Waals surface area contributed by atoms with Crippen molar-refractivity contribution in [3.05, 3.63) is 5.69 Å². The summed E-state index contributed by atoms with van der Waals surface area (Å²) in [5, 5.41) is 13.1. The fourth-order valence-electron chi connectivity index (χ4n) is 2.22. The van der Waals surface area contributed by atoms with E-state index in [0.717, 1.165) is 12.8 Å². The predicted octanol–water partition coefficient (Wildman–Crippen LogP) is 0.387. The molecule has 7 nitrogen and oxygen atoms in total. The average Bonchev–Trinajstić information content (AvgIpc) is 2.88. The molecule has 17 heavy (non-hydrogen) atoms. The molecule has 0 radical (unpaired) electrons. The maximum atomic E-state index is 11.5. The van der Waals surface area contributed by atoms with E-state index in [9.17, 15) is 4.79 Å². The molecule has 3 rings (SSSR count). The van der Waals surface area contributed by atoms with Crippen LogP contribution < -0.4 is 5.73 Å². The zero-order valence-corrected chi connectivity index (χ0v) is 9.46. The highest BCUT2D eigenvalue weighted by Gasteiger charge is 2.42. The lowest BCUT2D eigenvalue weighted by Gasteiger charge is -2.19. The lowest BCUT2D eigenvalue weighted by atomic mass is 10.0. The number of amides is 1. The second-order valence-electron chi connectivity index (χ2n) is 4.52. The van der Waals surface area contributed by atoms with Crippen LogP contribution in [0.15, 0.2) is 9.73 Å². The van der Waals surface area contributed by atoms with Crippen molar-refractivity contribution in [2.45, 2.75) is 32.2 Å². The molecule has 1 aliphatic carbocycles. The first-order valence-corrected chi connectivity index (χ1v) is 5.62. The molecule has 0 saturated heterocycles. The quantitative estimate of drug-likeness (QED) is 0.799. The third-order valence-electron chi connectivity index (χ3n) is 3.22. The van der Waals surface area contributed by atoms with Crippen LogP contribution in [-0.4, -0.2) is 33.0 Å². The molecule has 2 aliphatic rings. The molecule has 1 unspecified atom stereocenters. The number of carbonyl (C=O) groups excluding carboxylic acids is 1.